The first-order valence-electron chi connectivity index (χ1n) is 6.71. The SMILES string of the molecule is N#CC(C#N)=Cc1cc([N+](=O)[O-])ccc1OCc1cccc(F)c1. The summed E-state index contributed by atoms with van der Waals surface area (Å²) >= 11 is 0. The number of benzene rings is 2. The molecule has 0 atom stereocenters. The van der Waals surface area contributed by atoms with Gasteiger partial charge in [0.25, 0.3) is 5.69 Å². The number of hydrogen-bond acceptors (Lipinski definition) is 5. The molecule has 0 aliphatic heterocycles. The lowest BCUT2D eigenvalue weighted by Crippen LogP contribution is -1.98. The van der Waals surface area contributed by atoms with E-state index in [1.54, 1.807) is 18.2 Å². The Morgan fingerprint density at radius 2 is 2.00 bits per heavy atom. The van der Waals surface area contributed by atoms with Crippen molar-refractivity contribution in [2.24, 2.45) is 0 Å². The summed E-state index contributed by atoms with van der Waals surface area (Å²) in [5.41, 5.74) is 0.378. The van der Waals surface area contributed by atoms with Gasteiger partial charge in [0, 0.05) is 17.7 Å². The maximum absolute atomic E-state index is 13.2. The molecular formula is C17H10FN3O3. The number of halogens is 1. The molecule has 2 aromatic carbocycles. The Labute approximate surface area is 136 Å². The van der Waals surface area contributed by atoms with Gasteiger partial charge in [-0.25, -0.2) is 4.39 Å². The van der Waals surface area contributed by atoms with Gasteiger partial charge in [-0.3, -0.25) is 10.1 Å². The quantitative estimate of drug-likeness (QED) is 0.474. The highest BCUT2D eigenvalue weighted by atomic mass is 19.1. The van der Waals surface area contributed by atoms with Gasteiger partial charge in [0.1, 0.15) is 35.9 Å². The Morgan fingerprint density at radius 1 is 1.25 bits per heavy atom. The fourth-order valence-electron chi connectivity index (χ4n) is 1.93. The molecule has 0 N–H and O–H groups in total. The van der Waals surface area contributed by atoms with Gasteiger partial charge in [-0.05, 0) is 29.8 Å². The van der Waals surface area contributed by atoms with E-state index in [1.165, 1.54) is 42.5 Å². The summed E-state index contributed by atoms with van der Waals surface area (Å²) in [5.74, 6) is -0.163. The molecule has 0 heterocycles. The van der Waals surface area contributed by atoms with Crippen molar-refractivity contribution in [3.8, 4) is 17.9 Å². The predicted octanol–water partition coefficient (Wildman–Crippen LogP) is 3.74. The van der Waals surface area contributed by atoms with Crippen LogP contribution in [0.1, 0.15) is 11.1 Å². The summed E-state index contributed by atoms with van der Waals surface area (Å²) in [7, 11) is 0. The van der Waals surface area contributed by atoms with Crippen LogP contribution in [0.4, 0.5) is 10.1 Å². The maximum atomic E-state index is 13.2. The van der Waals surface area contributed by atoms with Gasteiger partial charge in [0.05, 0.1) is 4.92 Å². The standard InChI is InChI=1S/C17H10FN3O3/c18-15-3-1-2-12(7-15)11-24-17-5-4-16(21(22)23)8-14(17)6-13(9-19)10-20/h1-8H,11H2. The van der Waals surface area contributed by atoms with Crippen molar-refractivity contribution in [2.45, 2.75) is 6.61 Å². The summed E-state index contributed by atoms with van der Waals surface area (Å²) in [6.07, 6.45) is 1.20. The molecule has 0 bridgehead atoms. The molecule has 0 aliphatic carbocycles. The molecule has 0 spiro atoms. The van der Waals surface area contributed by atoms with Gasteiger partial charge in [0.2, 0.25) is 0 Å². The van der Waals surface area contributed by atoms with Gasteiger partial charge in [0.15, 0.2) is 0 Å². The zero-order valence-corrected chi connectivity index (χ0v) is 12.3. The monoisotopic (exact) mass is 323 g/mol. The largest absolute Gasteiger partial charge is 0.488 e. The van der Waals surface area contributed by atoms with Crippen molar-refractivity contribution < 1.29 is 14.1 Å². The first-order chi connectivity index (χ1) is 11.5. The highest BCUT2D eigenvalue weighted by molar-refractivity contribution is 5.68. The molecule has 24 heavy (non-hydrogen) atoms. The van der Waals surface area contributed by atoms with E-state index in [2.05, 4.69) is 0 Å². The molecule has 0 fully saturated rings. The van der Waals surface area contributed by atoms with Crippen molar-refractivity contribution in [1.82, 2.24) is 0 Å². The number of nitro groups is 1. The van der Waals surface area contributed by atoms with Crippen LogP contribution < -0.4 is 4.74 Å². The van der Waals surface area contributed by atoms with E-state index in [-0.39, 0.29) is 29.2 Å². The molecule has 0 saturated heterocycles. The van der Waals surface area contributed by atoms with E-state index in [9.17, 15) is 14.5 Å². The number of ether oxygens (including phenoxy) is 1. The molecule has 2 aromatic rings. The fraction of sp³-hybridized carbons (Fsp3) is 0.0588. The van der Waals surface area contributed by atoms with Crippen molar-refractivity contribution >= 4 is 11.8 Å². The zero-order valence-electron chi connectivity index (χ0n) is 12.3. The molecular weight excluding hydrogens is 313 g/mol. The van der Waals surface area contributed by atoms with Gasteiger partial charge in [-0.2, -0.15) is 10.5 Å². The van der Waals surface area contributed by atoms with E-state index in [0.717, 1.165) is 0 Å². The highest BCUT2D eigenvalue weighted by Crippen LogP contribution is 2.27. The minimum absolute atomic E-state index is 0.0326. The van der Waals surface area contributed by atoms with Crippen LogP contribution in [0.25, 0.3) is 6.08 Å². The summed E-state index contributed by atoms with van der Waals surface area (Å²) in [4.78, 5) is 10.3. The third kappa shape index (κ3) is 4.15. The zero-order chi connectivity index (χ0) is 17.5. The van der Waals surface area contributed by atoms with Gasteiger partial charge in [-0.1, -0.05) is 12.1 Å². The third-order valence-corrected chi connectivity index (χ3v) is 3.03. The molecule has 2 rings (SSSR count). The Kier molecular flexibility index (Phi) is 5.22. The number of rotatable bonds is 5. The van der Waals surface area contributed by atoms with Crippen LogP contribution >= 0.6 is 0 Å². The minimum Gasteiger partial charge on any atom is -0.488 e. The minimum atomic E-state index is -0.591. The summed E-state index contributed by atoms with van der Waals surface area (Å²) < 4.78 is 18.7. The lowest BCUT2D eigenvalue weighted by Gasteiger charge is -2.09. The Hall–Kier alpha value is -3.71. The van der Waals surface area contributed by atoms with Crippen molar-refractivity contribution in [2.75, 3.05) is 0 Å². The van der Waals surface area contributed by atoms with Crippen molar-refractivity contribution in [3.05, 3.63) is 75.1 Å². The maximum Gasteiger partial charge on any atom is 0.270 e. The van der Waals surface area contributed by atoms with Crippen LogP contribution in [0.2, 0.25) is 0 Å². The summed E-state index contributed by atoms with van der Waals surface area (Å²) in [6, 6.07) is 13.0. The smallest absolute Gasteiger partial charge is 0.270 e. The van der Waals surface area contributed by atoms with Crippen LogP contribution in [0.3, 0.4) is 0 Å². The average Bonchev–Trinajstić information content (AvgIpc) is 2.58. The Morgan fingerprint density at radius 3 is 2.62 bits per heavy atom. The molecule has 6 nitrogen and oxygen atoms in total. The van der Waals surface area contributed by atoms with Crippen molar-refractivity contribution in [1.29, 1.82) is 10.5 Å². The second-order valence-electron chi connectivity index (χ2n) is 4.68. The molecule has 118 valence electrons. The second kappa shape index (κ2) is 7.52. The third-order valence-electron chi connectivity index (χ3n) is 3.03. The van der Waals surface area contributed by atoms with Gasteiger partial charge in [-0.15, -0.1) is 0 Å². The van der Waals surface area contributed by atoms with E-state index in [0.29, 0.717) is 5.56 Å². The number of hydrogen-bond donors (Lipinski definition) is 0. The van der Waals surface area contributed by atoms with Crippen LogP contribution in [0, 0.1) is 38.6 Å². The predicted molar refractivity (Wildman–Crippen MR) is 83.0 cm³/mol. The van der Waals surface area contributed by atoms with Gasteiger partial charge < -0.3 is 4.74 Å². The number of nitriles is 2. The molecule has 0 saturated carbocycles. The molecule has 0 radical (unpaired) electrons. The van der Waals surface area contributed by atoms with E-state index >= 15 is 0 Å². The molecule has 0 aromatic heterocycles. The second-order valence-corrected chi connectivity index (χ2v) is 4.68. The van der Waals surface area contributed by atoms with Crippen molar-refractivity contribution in [3.63, 3.8) is 0 Å². The molecule has 0 unspecified atom stereocenters. The summed E-state index contributed by atoms with van der Waals surface area (Å²) in [6.45, 7) is 0.0326. The number of allylic oxidation sites excluding steroid dienone is 1. The molecule has 0 aliphatic rings. The normalized spacial score (nSPS) is 9.46. The van der Waals surface area contributed by atoms with E-state index < -0.39 is 10.7 Å². The average molecular weight is 323 g/mol. The number of nitro benzene ring substituents is 1. The van der Waals surface area contributed by atoms with Crippen LogP contribution in [-0.2, 0) is 6.61 Å². The first kappa shape index (κ1) is 16.7. The Balaban J connectivity index is 2.35. The number of nitrogens with zero attached hydrogens (tertiary/aromatic N) is 3. The lowest BCUT2D eigenvalue weighted by molar-refractivity contribution is -0.384. The first-order valence-corrected chi connectivity index (χ1v) is 6.71. The molecule has 0 amide bonds. The highest BCUT2D eigenvalue weighted by Gasteiger charge is 2.12. The lowest BCUT2D eigenvalue weighted by atomic mass is 10.1. The van der Waals surface area contributed by atoms with Gasteiger partial charge >= 0.3 is 0 Å². The molecule has 7 heteroatoms. The van der Waals surface area contributed by atoms with E-state index in [1.807, 2.05) is 0 Å². The Bertz CT molecular complexity index is 879. The van der Waals surface area contributed by atoms with Crippen LogP contribution in [-0.4, -0.2) is 4.92 Å². The summed E-state index contributed by atoms with van der Waals surface area (Å²) in [5, 5.41) is 28.6. The fourth-order valence-corrected chi connectivity index (χ4v) is 1.93. The topological polar surface area (TPSA) is 100.0 Å². The van der Waals surface area contributed by atoms with Crippen LogP contribution in [0.5, 0.6) is 5.75 Å². The van der Waals surface area contributed by atoms with E-state index in [4.69, 9.17) is 15.3 Å². The number of non-ortho nitro benzene ring substituents is 1. The van der Waals surface area contributed by atoms with Crippen LogP contribution in [0.15, 0.2) is 48.0 Å².